The fourth-order valence-electron chi connectivity index (χ4n) is 1.48. The fraction of sp³-hybridized carbons (Fsp3) is 0.455. The van der Waals surface area contributed by atoms with Gasteiger partial charge in [-0.05, 0) is 28.8 Å². The van der Waals surface area contributed by atoms with Gasteiger partial charge in [-0.15, -0.1) is 0 Å². The second-order valence-electron chi connectivity index (χ2n) is 3.72. The lowest BCUT2D eigenvalue weighted by Crippen LogP contribution is -2.38. The number of hydrogen-bond acceptors (Lipinski definition) is 4. The predicted molar refractivity (Wildman–Crippen MR) is 68.0 cm³/mol. The fourth-order valence-corrected chi connectivity index (χ4v) is 2.15. The molecule has 0 aliphatic rings. The van der Waals surface area contributed by atoms with Crippen molar-refractivity contribution in [2.45, 2.75) is 26.3 Å². The van der Waals surface area contributed by atoms with Crippen LogP contribution in [0.5, 0.6) is 0 Å². The summed E-state index contributed by atoms with van der Waals surface area (Å²) in [5.41, 5.74) is 6.55. The van der Waals surface area contributed by atoms with Crippen molar-refractivity contribution in [1.29, 1.82) is 0 Å². The molecule has 0 radical (unpaired) electrons. The minimum Gasteiger partial charge on any atom is -0.409 e. The van der Waals surface area contributed by atoms with Crippen molar-refractivity contribution >= 4 is 23.1 Å². The summed E-state index contributed by atoms with van der Waals surface area (Å²) < 4.78 is 0. The highest BCUT2D eigenvalue weighted by molar-refractivity contribution is 7.07. The van der Waals surface area contributed by atoms with Crippen LogP contribution in [-0.4, -0.2) is 17.0 Å². The quantitative estimate of drug-likeness (QED) is 0.312. The number of amidine groups is 1. The van der Waals surface area contributed by atoms with Gasteiger partial charge in [0, 0.05) is 6.54 Å². The molecule has 1 atom stereocenters. The Balaban J connectivity index is 2.53. The molecule has 1 heterocycles. The maximum Gasteiger partial charge on any atom is 0.231 e. The maximum absolute atomic E-state index is 11.8. The van der Waals surface area contributed by atoms with Crippen LogP contribution in [0.25, 0.3) is 0 Å². The van der Waals surface area contributed by atoms with Crippen molar-refractivity contribution in [3.05, 3.63) is 22.4 Å². The van der Waals surface area contributed by atoms with Crippen molar-refractivity contribution in [1.82, 2.24) is 5.32 Å². The lowest BCUT2D eigenvalue weighted by atomic mass is 10.0. The molecular formula is C11H17N3O2S. The first-order chi connectivity index (χ1) is 8.19. The minimum atomic E-state index is -0.552. The number of hydrogen-bond donors (Lipinski definition) is 3. The van der Waals surface area contributed by atoms with Crippen LogP contribution >= 0.6 is 11.3 Å². The molecule has 1 aromatic heterocycles. The Hall–Kier alpha value is -1.56. The minimum absolute atomic E-state index is 0.0327. The molecule has 94 valence electrons. The first-order valence-electron chi connectivity index (χ1n) is 5.45. The Labute approximate surface area is 104 Å². The van der Waals surface area contributed by atoms with Crippen molar-refractivity contribution in [3.8, 4) is 0 Å². The molecule has 17 heavy (non-hydrogen) atoms. The number of nitrogens with two attached hydrogens (primary N) is 1. The number of nitrogens with one attached hydrogen (secondary N) is 1. The Morgan fingerprint density at radius 1 is 1.71 bits per heavy atom. The van der Waals surface area contributed by atoms with Crippen molar-refractivity contribution < 1.29 is 10.0 Å². The van der Waals surface area contributed by atoms with Gasteiger partial charge >= 0.3 is 0 Å². The van der Waals surface area contributed by atoms with Crippen molar-refractivity contribution in [2.75, 3.05) is 0 Å². The molecule has 5 nitrogen and oxygen atoms in total. The Kier molecular flexibility index (Phi) is 5.48. The van der Waals surface area contributed by atoms with Crippen LogP contribution in [-0.2, 0) is 11.3 Å². The van der Waals surface area contributed by atoms with Crippen LogP contribution in [0, 0.1) is 5.92 Å². The average molecular weight is 255 g/mol. The zero-order valence-corrected chi connectivity index (χ0v) is 10.5. The molecule has 0 aliphatic heterocycles. The van der Waals surface area contributed by atoms with E-state index in [1.165, 1.54) is 0 Å². The van der Waals surface area contributed by atoms with Gasteiger partial charge in [-0.1, -0.05) is 18.5 Å². The van der Waals surface area contributed by atoms with Crippen LogP contribution in [0.1, 0.15) is 25.3 Å². The van der Waals surface area contributed by atoms with E-state index in [2.05, 4.69) is 10.5 Å². The van der Waals surface area contributed by atoms with E-state index in [-0.39, 0.29) is 11.7 Å². The van der Waals surface area contributed by atoms with E-state index in [1.54, 1.807) is 11.3 Å². The molecule has 0 aliphatic carbocycles. The summed E-state index contributed by atoms with van der Waals surface area (Å²) in [6.07, 6.45) is 1.37. The summed E-state index contributed by atoms with van der Waals surface area (Å²) in [6, 6.07) is 1.95. The molecule has 4 N–H and O–H groups in total. The number of carbonyl (C=O) groups excluding carboxylic acids is 1. The van der Waals surface area contributed by atoms with Crippen LogP contribution in [0.2, 0.25) is 0 Å². The first kappa shape index (κ1) is 13.5. The molecule has 0 spiro atoms. The van der Waals surface area contributed by atoms with Gasteiger partial charge in [0.2, 0.25) is 5.91 Å². The van der Waals surface area contributed by atoms with Crippen LogP contribution in [0.4, 0.5) is 0 Å². The third-order valence-electron chi connectivity index (χ3n) is 2.41. The summed E-state index contributed by atoms with van der Waals surface area (Å²) in [6.45, 7) is 2.42. The molecule has 0 saturated carbocycles. The second kappa shape index (κ2) is 6.90. The molecule has 6 heteroatoms. The van der Waals surface area contributed by atoms with E-state index in [1.807, 2.05) is 23.8 Å². The molecule has 1 aromatic rings. The van der Waals surface area contributed by atoms with Gasteiger partial charge in [0.15, 0.2) is 5.84 Å². The summed E-state index contributed by atoms with van der Waals surface area (Å²) in [5, 5.41) is 18.2. The van der Waals surface area contributed by atoms with Gasteiger partial charge in [0.1, 0.15) is 0 Å². The molecule has 1 rings (SSSR count). The predicted octanol–water partition coefficient (Wildman–Crippen LogP) is 1.53. The number of nitrogens with zero attached hydrogens (tertiary/aromatic N) is 1. The van der Waals surface area contributed by atoms with Gasteiger partial charge in [0.25, 0.3) is 0 Å². The summed E-state index contributed by atoms with van der Waals surface area (Å²) >= 11 is 1.58. The standard InChI is InChI=1S/C11H17N3O2S/c1-2-3-9(10(12)14-16)11(15)13-6-8-4-5-17-7-8/h4-5,7,9,16H,2-3,6H2,1H3,(H2,12,14)(H,13,15). The number of thiophene rings is 1. The van der Waals surface area contributed by atoms with E-state index in [0.29, 0.717) is 13.0 Å². The van der Waals surface area contributed by atoms with Gasteiger partial charge < -0.3 is 16.3 Å². The molecule has 0 saturated heterocycles. The maximum atomic E-state index is 11.8. The number of rotatable bonds is 6. The lowest BCUT2D eigenvalue weighted by molar-refractivity contribution is -0.123. The molecule has 0 bridgehead atoms. The number of carbonyl (C=O) groups is 1. The topological polar surface area (TPSA) is 87.7 Å². The summed E-state index contributed by atoms with van der Waals surface area (Å²) in [5.74, 6) is -0.786. The van der Waals surface area contributed by atoms with Crippen molar-refractivity contribution in [2.24, 2.45) is 16.8 Å². The van der Waals surface area contributed by atoms with Crippen molar-refractivity contribution in [3.63, 3.8) is 0 Å². The van der Waals surface area contributed by atoms with Gasteiger partial charge in [-0.3, -0.25) is 4.79 Å². The molecule has 1 amide bonds. The van der Waals surface area contributed by atoms with E-state index in [4.69, 9.17) is 10.9 Å². The molecule has 0 fully saturated rings. The van der Waals surface area contributed by atoms with Gasteiger partial charge in [-0.2, -0.15) is 11.3 Å². The van der Waals surface area contributed by atoms with Crippen LogP contribution in [0.15, 0.2) is 22.0 Å². The monoisotopic (exact) mass is 255 g/mol. The zero-order chi connectivity index (χ0) is 12.7. The normalized spacial score (nSPS) is 13.4. The largest absolute Gasteiger partial charge is 0.409 e. The Morgan fingerprint density at radius 2 is 2.47 bits per heavy atom. The third-order valence-corrected chi connectivity index (χ3v) is 3.15. The number of oxime groups is 1. The highest BCUT2D eigenvalue weighted by Gasteiger charge is 2.21. The lowest BCUT2D eigenvalue weighted by Gasteiger charge is -2.14. The summed E-state index contributed by atoms with van der Waals surface area (Å²) in [4.78, 5) is 11.8. The van der Waals surface area contributed by atoms with E-state index >= 15 is 0 Å². The first-order valence-corrected chi connectivity index (χ1v) is 6.39. The van der Waals surface area contributed by atoms with Crippen LogP contribution in [0.3, 0.4) is 0 Å². The highest BCUT2D eigenvalue weighted by atomic mass is 32.1. The third kappa shape index (κ3) is 4.07. The molecule has 1 unspecified atom stereocenters. The number of amides is 1. The second-order valence-corrected chi connectivity index (χ2v) is 4.50. The highest BCUT2D eigenvalue weighted by Crippen LogP contribution is 2.09. The molecule has 0 aromatic carbocycles. The van der Waals surface area contributed by atoms with Crippen LogP contribution < -0.4 is 11.1 Å². The average Bonchev–Trinajstić information content (AvgIpc) is 2.85. The Bertz CT molecular complexity index is 376. The molecular weight excluding hydrogens is 238 g/mol. The Morgan fingerprint density at radius 3 is 3.00 bits per heavy atom. The van der Waals surface area contributed by atoms with Gasteiger partial charge in [0.05, 0.1) is 5.92 Å². The summed E-state index contributed by atoms with van der Waals surface area (Å²) in [7, 11) is 0. The smallest absolute Gasteiger partial charge is 0.231 e. The van der Waals surface area contributed by atoms with Gasteiger partial charge in [-0.25, -0.2) is 0 Å². The van der Waals surface area contributed by atoms with E-state index < -0.39 is 5.92 Å². The van der Waals surface area contributed by atoms with E-state index in [0.717, 1.165) is 12.0 Å². The van der Waals surface area contributed by atoms with E-state index in [9.17, 15) is 4.79 Å². The zero-order valence-electron chi connectivity index (χ0n) is 9.72. The SMILES string of the molecule is CCCC(C(=O)NCc1ccsc1)/C(N)=N/O.